The van der Waals surface area contributed by atoms with Crippen LogP contribution in [0.3, 0.4) is 0 Å². The average molecular weight is 461 g/mol. The Balaban J connectivity index is 1.85. The summed E-state index contributed by atoms with van der Waals surface area (Å²) in [6, 6.07) is 11.1. The van der Waals surface area contributed by atoms with E-state index in [4.69, 9.17) is 4.74 Å². The van der Waals surface area contributed by atoms with Crippen molar-refractivity contribution in [3.63, 3.8) is 0 Å². The first-order chi connectivity index (χ1) is 12.7. The first-order valence-corrected chi connectivity index (χ1v) is 9.81. The molecule has 0 unspecified atom stereocenters. The van der Waals surface area contributed by atoms with Gasteiger partial charge in [0.2, 0.25) is 0 Å². The second-order valence-electron chi connectivity index (χ2n) is 6.73. The van der Waals surface area contributed by atoms with Crippen molar-refractivity contribution in [3.05, 3.63) is 57.7 Å². The summed E-state index contributed by atoms with van der Waals surface area (Å²) in [6.07, 6.45) is 3.81. The topological polar surface area (TPSA) is 42.8 Å². The molecule has 5 rings (SSSR count). The fraction of sp³-hybridized carbons (Fsp3) is 0.250. The highest BCUT2D eigenvalue weighted by Crippen LogP contribution is 2.40. The van der Waals surface area contributed by atoms with Gasteiger partial charge in [0.05, 0.1) is 17.2 Å². The van der Waals surface area contributed by atoms with Gasteiger partial charge in [-0.25, -0.2) is 4.39 Å². The van der Waals surface area contributed by atoms with E-state index in [2.05, 4.69) is 49.5 Å². The highest BCUT2D eigenvalue weighted by Gasteiger charge is 2.26. The number of halogens is 2. The summed E-state index contributed by atoms with van der Waals surface area (Å²) in [7, 11) is 0. The van der Waals surface area contributed by atoms with Crippen LogP contribution in [0.15, 0.2) is 42.6 Å². The molecule has 2 aromatic heterocycles. The number of H-pyrrole nitrogens is 1. The molecule has 0 saturated carbocycles. The highest BCUT2D eigenvalue weighted by atomic mass is 127. The van der Waals surface area contributed by atoms with Gasteiger partial charge in [-0.1, -0.05) is 6.07 Å². The SMILES string of the molecule is Fc1cccc(-n2c(C3CCOCC3)c(I)c3cc4[nH]ncc4cc32)c1. The molecule has 4 aromatic rings. The molecule has 4 nitrogen and oxygen atoms in total. The monoisotopic (exact) mass is 461 g/mol. The Kier molecular flexibility index (Phi) is 3.97. The third-order valence-corrected chi connectivity index (χ3v) is 6.31. The van der Waals surface area contributed by atoms with E-state index in [1.807, 2.05) is 12.3 Å². The van der Waals surface area contributed by atoms with Gasteiger partial charge >= 0.3 is 0 Å². The van der Waals surface area contributed by atoms with E-state index in [1.165, 1.54) is 20.7 Å². The molecule has 1 aliphatic heterocycles. The summed E-state index contributed by atoms with van der Waals surface area (Å²) in [5.74, 6) is 0.185. The van der Waals surface area contributed by atoms with Gasteiger partial charge in [-0.05, 0) is 65.8 Å². The molecule has 3 heterocycles. The first-order valence-electron chi connectivity index (χ1n) is 8.73. The highest BCUT2D eigenvalue weighted by molar-refractivity contribution is 14.1. The van der Waals surface area contributed by atoms with Crippen LogP contribution in [-0.4, -0.2) is 28.0 Å². The van der Waals surface area contributed by atoms with Crippen molar-refractivity contribution in [2.24, 2.45) is 0 Å². The van der Waals surface area contributed by atoms with Crippen LogP contribution in [0.5, 0.6) is 0 Å². The zero-order valence-electron chi connectivity index (χ0n) is 14.0. The number of fused-ring (bicyclic) bond motifs is 2. The molecule has 0 spiro atoms. The zero-order chi connectivity index (χ0) is 17.7. The number of aromatic amines is 1. The maximum absolute atomic E-state index is 14.0. The van der Waals surface area contributed by atoms with Crippen molar-refractivity contribution in [1.82, 2.24) is 14.8 Å². The molecular formula is C20H17FIN3O. The van der Waals surface area contributed by atoms with Gasteiger partial charge in [-0.15, -0.1) is 0 Å². The summed E-state index contributed by atoms with van der Waals surface area (Å²) in [5.41, 5.74) is 4.23. The van der Waals surface area contributed by atoms with Crippen LogP contribution in [-0.2, 0) is 4.74 Å². The van der Waals surface area contributed by atoms with Crippen LogP contribution in [0.2, 0.25) is 0 Å². The second kappa shape index (κ2) is 6.35. The van der Waals surface area contributed by atoms with Crippen LogP contribution < -0.4 is 0 Å². The maximum Gasteiger partial charge on any atom is 0.125 e. The summed E-state index contributed by atoms with van der Waals surface area (Å²) >= 11 is 2.44. The Bertz CT molecular complexity index is 1110. The summed E-state index contributed by atoms with van der Waals surface area (Å²) < 4.78 is 23.0. The number of aromatic nitrogens is 3. The number of ether oxygens (including phenoxy) is 1. The van der Waals surface area contributed by atoms with Crippen LogP contribution in [0.25, 0.3) is 27.5 Å². The Morgan fingerprint density at radius 2 is 2.04 bits per heavy atom. The molecule has 0 amide bonds. The van der Waals surface area contributed by atoms with E-state index in [0.717, 1.165) is 48.2 Å². The molecule has 1 fully saturated rings. The minimum absolute atomic E-state index is 0.221. The lowest BCUT2D eigenvalue weighted by Gasteiger charge is -2.24. The molecule has 6 heteroatoms. The molecule has 2 aromatic carbocycles. The zero-order valence-corrected chi connectivity index (χ0v) is 16.2. The Morgan fingerprint density at radius 1 is 1.19 bits per heavy atom. The minimum Gasteiger partial charge on any atom is -0.381 e. The normalized spacial score (nSPS) is 15.9. The smallest absolute Gasteiger partial charge is 0.125 e. The van der Waals surface area contributed by atoms with Crippen molar-refractivity contribution in [2.75, 3.05) is 13.2 Å². The summed E-state index contributed by atoms with van der Waals surface area (Å²) in [6.45, 7) is 1.55. The molecule has 1 aliphatic rings. The van der Waals surface area contributed by atoms with E-state index < -0.39 is 0 Å². The molecule has 0 radical (unpaired) electrons. The van der Waals surface area contributed by atoms with Gasteiger partial charge in [0.25, 0.3) is 0 Å². The van der Waals surface area contributed by atoms with Gasteiger partial charge in [-0.3, -0.25) is 5.10 Å². The maximum atomic E-state index is 14.0. The molecule has 132 valence electrons. The van der Waals surface area contributed by atoms with E-state index >= 15 is 0 Å². The Morgan fingerprint density at radius 3 is 2.85 bits per heavy atom. The van der Waals surface area contributed by atoms with Gasteiger partial charge in [0.1, 0.15) is 5.82 Å². The standard InChI is InChI=1S/C20H17FIN3O/c21-14-2-1-3-15(9-14)25-18-8-13-11-23-24-17(13)10-16(18)19(22)20(25)12-4-6-26-7-5-12/h1-3,8-12H,4-7H2,(H,23,24). The number of nitrogens with zero attached hydrogens (tertiary/aromatic N) is 2. The lowest BCUT2D eigenvalue weighted by atomic mass is 9.96. The van der Waals surface area contributed by atoms with Gasteiger partial charge in [0, 0.05) is 44.9 Å². The van der Waals surface area contributed by atoms with Crippen LogP contribution in [0.1, 0.15) is 24.5 Å². The van der Waals surface area contributed by atoms with Crippen molar-refractivity contribution >= 4 is 44.4 Å². The third kappa shape index (κ3) is 2.54. The number of nitrogens with one attached hydrogen (secondary N) is 1. The lowest BCUT2D eigenvalue weighted by Crippen LogP contribution is -2.17. The Labute approximate surface area is 163 Å². The third-order valence-electron chi connectivity index (χ3n) is 5.17. The Hall–Kier alpha value is -1.93. The van der Waals surface area contributed by atoms with E-state index in [-0.39, 0.29) is 5.82 Å². The second-order valence-corrected chi connectivity index (χ2v) is 7.81. The van der Waals surface area contributed by atoms with E-state index in [0.29, 0.717) is 5.92 Å². The molecular weight excluding hydrogens is 444 g/mol. The van der Waals surface area contributed by atoms with Crippen LogP contribution in [0, 0.1) is 9.39 Å². The number of hydrogen-bond donors (Lipinski definition) is 1. The lowest BCUT2D eigenvalue weighted by molar-refractivity contribution is 0.0841. The molecule has 0 aliphatic carbocycles. The van der Waals surface area contributed by atoms with Crippen molar-refractivity contribution in [3.8, 4) is 5.69 Å². The molecule has 0 bridgehead atoms. The predicted molar refractivity (Wildman–Crippen MR) is 108 cm³/mol. The number of rotatable bonds is 2. The minimum atomic E-state index is -0.221. The molecule has 1 N–H and O–H groups in total. The largest absolute Gasteiger partial charge is 0.381 e. The fourth-order valence-electron chi connectivity index (χ4n) is 3.93. The summed E-state index contributed by atoms with van der Waals surface area (Å²) in [5, 5.41) is 9.43. The van der Waals surface area contributed by atoms with Gasteiger partial charge in [0.15, 0.2) is 0 Å². The molecule has 26 heavy (non-hydrogen) atoms. The van der Waals surface area contributed by atoms with Gasteiger partial charge in [-0.2, -0.15) is 5.10 Å². The quantitative estimate of drug-likeness (QED) is 0.420. The molecule has 1 saturated heterocycles. The van der Waals surface area contributed by atoms with E-state index in [9.17, 15) is 4.39 Å². The number of benzene rings is 2. The predicted octanol–water partition coefficient (Wildman–Crippen LogP) is 5.14. The number of hydrogen-bond acceptors (Lipinski definition) is 2. The van der Waals surface area contributed by atoms with E-state index in [1.54, 1.807) is 12.1 Å². The summed E-state index contributed by atoms with van der Waals surface area (Å²) in [4.78, 5) is 0. The average Bonchev–Trinajstić information content (AvgIpc) is 3.23. The van der Waals surface area contributed by atoms with Crippen LogP contribution >= 0.6 is 22.6 Å². The van der Waals surface area contributed by atoms with Crippen molar-refractivity contribution in [2.45, 2.75) is 18.8 Å². The molecule has 0 atom stereocenters. The van der Waals surface area contributed by atoms with Crippen LogP contribution in [0.4, 0.5) is 4.39 Å². The first kappa shape index (κ1) is 16.3. The van der Waals surface area contributed by atoms with Gasteiger partial charge < -0.3 is 9.30 Å². The van der Waals surface area contributed by atoms with Crippen molar-refractivity contribution < 1.29 is 9.13 Å². The van der Waals surface area contributed by atoms with Crippen molar-refractivity contribution in [1.29, 1.82) is 0 Å². The fourth-order valence-corrected chi connectivity index (χ4v) is 5.05.